The Labute approximate surface area is 120 Å². The van der Waals surface area contributed by atoms with Crippen molar-refractivity contribution < 1.29 is 18.3 Å². The van der Waals surface area contributed by atoms with E-state index in [0.717, 1.165) is 12.1 Å². The van der Waals surface area contributed by atoms with Crippen LogP contribution >= 0.6 is 11.6 Å². The highest BCUT2D eigenvalue weighted by atomic mass is 35.5. The molecule has 20 heavy (non-hydrogen) atoms. The molecule has 0 aliphatic rings. The molecule has 1 aromatic heterocycles. The molecule has 0 saturated heterocycles. The minimum absolute atomic E-state index is 0.0695. The Hall–Kier alpha value is -1.99. The average Bonchev–Trinajstić information content (AvgIpc) is 2.38. The number of sulfone groups is 1. The summed E-state index contributed by atoms with van der Waals surface area (Å²) in [5.41, 5.74) is -0.151. The smallest absolute Gasteiger partial charge is 0.337 e. The number of hydrogen-bond donors (Lipinski definition) is 1. The zero-order valence-electron chi connectivity index (χ0n) is 10.0. The number of aromatic nitrogens is 2. The highest BCUT2D eigenvalue weighted by Gasteiger charge is 2.19. The molecular formula is C12H9ClN2O4S. The van der Waals surface area contributed by atoms with Crippen molar-refractivity contribution in [3.63, 3.8) is 0 Å². The van der Waals surface area contributed by atoms with Gasteiger partial charge in [0.1, 0.15) is 11.6 Å². The van der Waals surface area contributed by atoms with Crippen molar-refractivity contribution in [1.29, 1.82) is 0 Å². The lowest BCUT2D eigenvalue weighted by molar-refractivity contribution is 0.0697. The fourth-order valence-corrected chi connectivity index (χ4v) is 3.08. The molecule has 0 amide bonds. The second kappa shape index (κ2) is 5.56. The molecule has 0 spiro atoms. The van der Waals surface area contributed by atoms with Gasteiger partial charge >= 0.3 is 5.97 Å². The van der Waals surface area contributed by atoms with Gasteiger partial charge in [-0.15, -0.1) is 0 Å². The highest BCUT2D eigenvalue weighted by Crippen LogP contribution is 2.22. The first-order chi connectivity index (χ1) is 9.40. The van der Waals surface area contributed by atoms with Crippen molar-refractivity contribution >= 4 is 27.4 Å². The molecule has 1 heterocycles. The van der Waals surface area contributed by atoms with Gasteiger partial charge in [-0.05, 0) is 24.3 Å². The van der Waals surface area contributed by atoms with Gasteiger partial charge in [-0.1, -0.05) is 11.6 Å². The van der Waals surface area contributed by atoms with E-state index < -0.39 is 15.8 Å². The van der Waals surface area contributed by atoms with Crippen LogP contribution in [0.25, 0.3) is 0 Å². The normalized spacial score (nSPS) is 11.2. The highest BCUT2D eigenvalue weighted by molar-refractivity contribution is 7.90. The Bertz CT molecular complexity index is 747. The number of nitrogens with zero attached hydrogens (tertiary/aromatic N) is 2. The summed E-state index contributed by atoms with van der Waals surface area (Å²) in [6, 6.07) is 5.05. The Balaban J connectivity index is 2.35. The number of benzene rings is 1. The maximum atomic E-state index is 12.1. The number of rotatable bonds is 4. The zero-order valence-corrected chi connectivity index (χ0v) is 11.6. The van der Waals surface area contributed by atoms with Gasteiger partial charge in [0.05, 0.1) is 15.5 Å². The number of carboxylic acids is 1. The van der Waals surface area contributed by atoms with Crippen molar-refractivity contribution in [3.05, 3.63) is 53.1 Å². The van der Waals surface area contributed by atoms with E-state index in [1.165, 1.54) is 18.5 Å². The van der Waals surface area contributed by atoms with Gasteiger partial charge in [-0.3, -0.25) is 0 Å². The van der Waals surface area contributed by atoms with E-state index >= 15 is 0 Å². The van der Waals surface area contributed by atoms with Crippen LogP contribution in [0.1, 0.15) is 16.2 Å². The maximum Gasteiger partial charge on any atom is 0.337 e. The summed E-state index contributed by atoms with van der Waals surface area (Å²) in [6.07, 6.45) is 2.89. The van der Waals surface area contributed by atoms with Crippen LogP contribution in [-0.2, 0) is 15.6 Å². The minimum atomic E-state index is -3.68. The van der Waals surface area contributed by atoms with E-state index in [0.29, 0.717) is 0 Å². The van der Waals surface area contributed by atoms with Gasteiger partial charge in [0.25, 0.3) is 0 Å². The molecule has 8 heteroatoms. The molecule has 104 valence electrons. The summed E-state index contributed by atoms with van der Waals surface area (Å²) < 4.78 is 24.3. The second-order valence-corrected chi connectivity index (χ2v) is 6.27. The number of aromatic carboxylic acids is 1. The topological polar surface area (TPSA) is 97.2 Å². The number of carbonyl (C=O) groups is 1. The van der Waals surface area contributed by atoms with Gasteiger partial charge in [0.15, 0.2) is 9.84 Å². The van der Waals surface area contributed by atoms with Crippen molar-refractivity contribution in [2.24, 2.45) is 0 Å². The summed E-state index contributed by atoms with van der Waals surface area (Å²) >= 11 is 5.76. The van der Waals surface area contributed by atoms with Crippen LogP contribution in [-0.4, -0.2) is 29.5 Å². The van der Waals surface area contributed by atoms with Crippen molar-refractivity contribution in [3.8, 4) is 0 Å². The van der Waals surface area contributed by atoms with Crippen LogP contribution < -0.4 is 0 Å². The molecular weight excluding hydrogens is 304 g/mol. The van der Waals surface area contributed by atoms with Crippen LogP contribution in [0.3, 0.4) is 0 Å². The molecule has 0 atom stereocenters. The summed E-state index contributed by atoms with van der Waals surface area (Å²) in [6.45, 7) is 0. The number of hydrogen-bond acceptors (Lipinski definition) is 5. The minimum Gasteiger partial charge on any atom is -0.478 e. The van der Waals surface area contributed by atoms with Gasteiger partial charge in [0, 0.05) is 12.4 Å². The molecule has 6 nitrogen and oxygen atoms in total. The summed E-state index contributed by atoms with van der Waals surface area (Å²) in [5.74, 6) is -1.44. The molecule has 0 aliphatic carbocycles. The predicted octanol–water partition coefficient (Wildman–Crippen LogP) is 1.80. The van der Waals surface area contributed by atoms with Crippen LogP contribution in [0.2, 0.25) is 5.02 Å². The third kappa shape index (κ3) is 3.12. The Morgan fingerprint density at radius 3 is 2.45 bits per heavy atom. The first-order valence-corrected chi connectivity index (χ1v) is 7.44. The van der Waals surface area contributed by atoms with E-state index in [9.17, 15) is 13.2 Å². The van der Waals surface area contributed by atoms with Gasteiger partial charge in [-0.25, -0.2) is 23.2 Å². The van der Waals surface area contributed by atoms with Crippen molar-refractivity contribution in [1.82, 2.24) is 9.97 Å². The quantitative estimate of drug-likeness (QED) is 0.924. The second-order valence-electron chi connectivity index (χ2n) is 3.87. The molecule has 0 radical (unpaired) electrons. The molecule has 1 N–H and O–H groups in total. The fourth-order valence-electron chi connectivity index (χ4n) is 1.52. The van der Waals surface area contributed by atoms with Gasteiger partial charge in [-0.2, -0.15) is 0 Å². The Morgan fingerprint density at radius 1 is 1.25 bits per heavy atom. The standard InChI is InChI=1S/C12H9ClN2O4S/c13-10-6-8(2-3-9(10)12(16)17)20(18,19)7-11-14-4-1-5-15-11/h1-6H,7H2,(H,16,17). The third-order valence-electron chi connectivity index (χ3n) is 2.47. The van der Waals surface area contributed by atoms with Crippen LogP contribution in [0.5, 0.6) is 0 Å². The van der Waals surface area contributed by atoms with Crippen LogP contribution in [0, 0.1) is 0 Å². The van der Waals surface area contributed by atoms with Crippen molar-refractivity contribution in [2.45, 2.75) is 10.6 Å². The molecule has 0 aliphatic heterocycles. The summed E-state index contributed by atoms with van der Waals surface area (Å²) in [5, 5.41) is 8.71. The molecule has 1 aromatic carbocycles. The molecule has 0 unspecified atom stereocenters. The Kier molecular flexibility index (Phi) is 4.01. The van der Waals surface area contributed by atoms with Crippen molar-refractivity contribution in [2.75, 3.05) is 0 Å². The summed E-state index contributed by atoms with van der Waals surface area (Å²) in [4.78, 5) is 18.4. The van der Waals surface area contributed by atoms with E-state index in [-0.39, 0.29) is 27.1 Å². The van der Waals surface area contributed by atoms with Gasteiger partial charge in [0.2, 0.25) is 0 Å². The van der Waals surface area contributed by atoms with E-state index in [1.807, 2.05) is 0 Å². The molecule has 2 aromatic rings. The third-order valence-corrected chi connectivity index (χ3v) is 4.39. The number of carboxylic acid groups (broad SMARTS) is 1. The fraction of sp³-hybridized carbons (Fsp3) is 0.0833. The molecule has 0 saturated carbocycles. The average molecular weight is 313 g/mol. The zero-order chi connectivity index (χ0) is 14.8. The van der Waals surface area contributed by atoms with E-state index in [4.69, 9.17) is 16.7 Å². The monoisotopic (exact) mass is 312 g/mol. The number of halogens is 1. The predicted molar refractivity (Wildman–Crippen MR) is 71.3 cm³/mol. The SMILES string of the molecule is O=C(O)c1ccc(S(=O)(=O)Cc2ncccn2)cc1Cl. The molecule has 0 bridgehead atoms. The lowest BCUT2D eigenvalue weighted by Crippen LogP contribution is -2.08. The lowest BCUT2D eigenvalue weighted by Gasteiger charge is -2.05. The van der Waals surface area contributed by atoms with Gasteiger partial charge < -0.3 is 5.11 Å². The van der Waals surface area contributed by atoms with Crippen LogP contribution in [0.15, 0.2) is 41.6 Å². The first-order valence-electron chi connectivity index (χ1n) is 5.41. The maximum absolute atomic E-state index is 12.1. The summed E-state index contributed by atoms with van der Waals surface area (Å²) in [7, 11) is -3.68. The molecule has 2 rings (SSSR count). The van der Waals surface area contributed by atoms with E-state index in [2.05, 4.69) is 9.97 Å². The first kappa shape index (κ1) is 14.4. The molecule has 0 fully saturated rings. The van der Waals surface area contributed by atoms with E-state index in [1.54, 1.807) is 6.07 Å². The van der Waals surface area contributed by atoms with Crippen LogP contribution in [0.4, 0.5) is 0 Å². The lowest BCUT2D eigenvalue weighted by atomic mass is 10.2. The largest absolute Gasteiger partial charge is 0.478 e. The Morgan fingerprint density at radius 2 is 1.90 bits per heavy atom.